The normalized spacial score (nSPS) is 13.5. The van der Waals surface area contributed by atoms with Crippen molar-refractivity contribution in [3.8, 4) is 0 Å². The number of aliphatic hydroxyl groups is 2. The van der Waals surface area contributed by atoms with Crippen LogP contribution in [0.25, 0.3) is 0 Å². The molecule has 6 heteroatoms. The predicted octanol–water partition coefficient (Wildman–Crippen LogP) is 15.7. The summed E-state index contributed by atoms with van der Waals surface area (Å²) in [7, 11) is 0. The molecule has 0 radical (unpaired) electrons. The standard InChI is InChI=1S/C54H101NO5/c1-4-7-10-13-16-19-21-23-24-25-26-27-28-30-32-35-38-41-44-47-54(59)60-50(45-42-39-36-33-18-15-12-9-6-3)48-53(58)55-51(49-56)52(57)46-43-40-37-34-31-29-22-20-17-14-11-8-5-2/h16,19,23-24,26-27,50-52,56-57H,4-15,17-18,20-22,25,28-49H2,1-3H3,(H,55,58)/b19-16-,24-23-,27-26-. The minimum Gasteiger partial charge on any atom is -0.462 e. The Labute approximate surface area is 373 Å². The number of unbranched alkanes of at least 4 members (excludes halogenated alkanes) is 29. The summed E-state index contributed by atoms with van der Waals surface area (Å²) in [5, 5.41) is 23.7. The molecular weight excluding hydrogens is 743 g/mol. The van der Waals surface area contributed by atoms with Crippen LogP contribution < -0.4 is 5.32 Å². The molecular formula is C54H101NO5. The van der Waals surface area contributed by atoms with Gasteiger partial charge in [-0.15, -0.1) is 0 Å². The lowest BCUT2D eigenvalue weighted by Crippen LogP contribution is -2.46. The van der Waals surface area contributed by atoms with Gasteiger partial charge in [0.15, 0.2) is 0 Å². The Morgan fingerprint density at radius 3 is 1.32 bits per heavy atom. The van der Waals surface area contributed by atoms with Crippen LogP contribution in [-0.2, 0) is 14.3 Å². The lowest BCUT2D eigenvalue weighted by atomic mass is 10.0. The second-order valence-corrected chi connectivity index (χ2v) is 17.9. The van der Waals surface area contributed by atoms with Gasteiger partial charge in [0, 0.05) is 6.42 Å². The second-order valence-electron chi connectivity index (χ2n) is 17.9. The van der Waals surface area contributed by atoms with Crippen LogP contribution in [0.5, 0.6) is 0 Å². The zero-order valence-corrected chi connectivity index (χ0v) is 40.1. The first-order chi connectivity index (χ1) is 29.5. The number of esters is 1. The SMILES string of the molecule is CCCCC/C=C\C/C=C\C/C=C\CCCCCCCCC(=O)OC(CCCCCCCCCCC)CC(=O)NC(CO)C(O)CCCCCCCCCCCCCCC. The first-order valence-electron chi connectivity index (χ1n) is 26.2. The average molecular weight is 844 g/mol. The largest absolute Gasteiger partial charge is 0.462 e. The number of carbonyl (C=O) groups is 2. The monoisotopic (exact) mass is 844 g/mol. The molecule has 0 aromatic rings. The van der Waals surface area contributed by atoms with Crippen LogP contribution >= 0.6 is 0 Å². The Balaban J connectivity index is 4.45. The Hall–Kier alpha value is -1.92. The van der Waals surface area contributed by atoms with Crippen LogP contribution in [0, 0.1) is 0 Å². The molecule has 352 valence electrons. The molecule has 3 N–H and O–H groups in total. The fraction of sp³-hybridized carbons (Fsp3) is 0.852. The van der Waals surface area contributed by atoms with Gasteiger partial charge in [-0.05, 0) is 64.2 Å². The van der Waals surface area contributed by atoms with Gasteiger partial charge in [-0.3, -0.25) is 9.59 Å². The Bertz CT molecular complexity index is 993. The third kappa shape index (κ3) is 42.8. The molecule has 0 aliphatic carbocycles. The molecule has 0 fully saturated rings. The van der Waals surface area contributed by atoms with Crippen molar-refractivity contribution in [2.24, 2.45) is 0 Å². The second kappa shape index (κ2) is 48.1. The van der Waals surface area contributed by atoms with Gasteiger partial charge < -0.3 is 20.3 Å². The number of aliphatic hydroxyl groups excluding tert-OH is 2. The maximum absolute atomic E-state index is 13.2. The van der Waals surface area contributed by atoms with E-state index in [9.17, 15) is 19.8 Å². The van der Waals surface area contributed by atoms with Crippen molar-refractivity contribution < 1.29 is 24.5 Å². The first-order valence-corrected chi connectivity index (χ1v) is 26.2. The molecule has 0 heterocycles. The topological polar surface area (TPSA) is 95.9 Å². The number of rotatable bonds is 47. The highest BCUT2D eigenvalue weighted by molar-refractivity contribution is 5.77. The molecule has 0 saturated heterocycles. The van der Waals surface area contributed by atoms with E-state index in [1.54, 1.807) is 0 Å². The number of hydrogen-bond acceptors (Lipinski definition) is 5. The fourth-order valence-electron chi connectivity index (χ4n) is 7.97. The lowest BCUT2D eigenvalue weighted by Gasteiger charge is -2.24. The van der Waals surface area contributed by atoms with Gasteiger partial charge in [0.25, 0.3) is 0 Å². The van der Waals surface area contributed by atoms with Gasteiger partial charge in [0.1, 0.15) is 6.10 Å². The third-order valence-electron chi connectivity index (χ3n) is 12.0. The zero-order valence-electron chi connectivity index (χ0n) is 40.1. The molecule has 0 aromatic carbocycles. The molecule has 60 heavy (non-hydrogen) atoms. The molecule has 3 unspecified atom stereocenters. The van der Waals surface area contributed by atoms with Gasteiger partial charge in [-0.2, -0.15) is 0 Å². The minimum absolute atomic E-state index is 0.0754. The molecule has 0 aromatic heterocycles. The zero-order chi connectivity index (χ0) is 43.8. The number of ether oxygens (including phenoxy) is 1. The van der Waals surface area contributed by atoms with E-state index in [4.69, 9.17) is 4.74 Å². The number of nitrogens with one attached hydrogen (secondary N) is 1. The molecule has 0 rings (SSSR count). The molecule has 0 bridgehead atoms. The highest BCUT2D eigenvalue weighted by Crippen LogP contribution is 2.18. The van der Waals surface area contributed by atoms with Crippen LogP contribution in [0.1, 0.15) is 271 Å². The average Bonchev–Trinajstić information content (AvgIpc) is 3.24. The van der Waals surface area contributed by atoms with Gasteiger partial charge in [0.2, 0.25) is 5.91 Å². The summed E-state index contributed by atoms with van der Waals surface area (Å²) < 4.78 is 5.92. The summed E-state index contributed by atoms with van der Waals surface area (Å²) in [6.07, 6.45) is 56.3. The molecule has 0 spiro atoms. The van der Waals surface area contributed by atoms with Crippen LogP contribution in [0.15, 0.2) is 36.5 Å². The van der Waals surface area contributed by atoms with Gasteiger partial charge in [0.05, 0.1) is 25.2 Å². The van der Waals surface area contributed by atoms with Crippen LogP contribution in [0.3, 0.4) is 0 Å². The predicted molar refractivity (Wildman–Crippen MR) is 259 cm³/mol. The minimum atomic E-state index is -0.786. The van der Waals surface area contributed by atoms with Gasteiger partial charge in [-0.1, -0.05) is 231 Å². The number of amides is 1. The van der Waals surface area contributed by atoms with Crippen molar-refractivity contribution in [2.45, 2.75) is 289 Å². The molecule has 6 nitrogen and oxygen atoms in total. The van der Waals surface area contributed by atoms with Crippen LogP contribution in [-0.4, -0.2) is 46.9 Å². The summed E-state index contributed by atoms with van der Waals surface area (Å²) in [6, 6.07) is -0.700. The Morgan fingerprint density at radius 2 is 0.850 bits per heavy atom. The van der Waals surface area contributed by atoms with Crippen LogP contribution in [0.4, 0.5) is 0 Å². The molecule has 0 aliphatic rings. The van der Waals surface area contributed by atoms with E-state index in [1.807, 2.05) is 0 Å². The van der Waals surface area contributed by atoms with Gasteiger partial charge >= 0.3 is 5.97 Å². The lowest BCUT2D eigenvalue weighted by molar-refractivity contribution is -0.151. The number of hydrogen-bond donors (Lipinski definition) is 3. The summed E-state index contributed by atoms with van der Waals surface area (Å²) >= 11 is 0. The van der Waals surface area contributed by atoms with E-state index in [0.717, 1.165) is 64.2 Å². The summed E-state index contributed by atoms with van der Waals surface area (Å²) in [5.74, 6) is -0.480. The smallest absolute Gasteiger partial charge is 0.306 e. The van der Waals surface area contributed by atoms with E-state index in [2.05, 4.69) is 62.5 Å². The quantitative estimate of drug-likeness (QED) is 0.0322. The number of carbonyl (C=O) groups excluding carboxylic acids is 2. The van der Waals surface area contributed by atoms with Crippen molar-refractivity contribution in [3.63, 3.8) is 0 Å². The van der Waals surface area contributed by atoms with Crippen molar-refractivity contribution in [1.82, 2.24) is 5.32 Å². The summed E-state index contributed by atoms with van der Waals surface area (Å²) in [5.41, 5.74) is 0. The van der Waals surface area contributed by atoms with E-state index in [1.165, 1.54) is 161 Å². The highest BCUT2D eigenvalue weighted by atomic mass is 16.5. The van der Waals surface area contributed by atoms with Crippen molar-refractivity contribution in [1.29, 1.82) is 0 Å². The Morgan fingerprint density at radius 1 is 0.483 bits per heavy atom. The maximum Gasteiger partial charge on any atom is 0.306 e. The van der Waals surface area contributed by atoms with Crippen molar-refractivity contribution in [2.75, 3.05) is 6.61 Å². The summed E-state index contributed by atoms with van der Waals surface area (Å²) in [4.78, 5) is 26.1. The molecule has 0 aliphatic heterocycles. The maximum atomic E-state index is 13.2. The number of allylic oxidation sites excluding steroid dienone is 6. The van der Waals surface area contributed by atoms with E-state index < -0.39 is 18.2 Å². The van der Waals surface area contributed by atoms with E-state index in [-0.39, 0.29) is 24.9 Å². The van der Waals surface area contributed by atoms with Crippen molar-refractivity contribution in [3.05, 3.63) is 36.5 Å². The Kier molecular flexibility index (Phi) is 46.6. The first kappa shape index (κ1) is 58.1. The van der Waals surface area contributed by atoms with Gasteiger partial charge in [-0.25, -0.2) is 0 Å². The molecule has 1 amide bonds. The molecule has 0 saturated carbocycles. The van der Waals surface area contributed by atoms with Crippen LogP contribution in [0.2, 0.25) is 0 Å². The molecule has 3 atom stereocenters. The summed E-state index contributed by atoms with van der Waals surface area (Å²) in [6.45, 7) is 6.45. The van der Waals surface area contributed by atoms with E-state index >= 15 is 0 Å². The fourth-order valence-corrected chi connectivity index (χ4v) is 7.97. The van der Waals surface area contributed by atoms with Crippen molar-refractivity contribution >= 4 is 11.9 Å². The highest BCUT2D eigenvalue weighted by Gasteiger charge is 2.24. The third-order valence-corrected chi connectivity index (χ3v) is 12.0. The van der Waals surface area contributed by atoms with E-state index in [0.29, 0.717) is 19.3 Å².